The van der Waals surface area contributed by atoms with E-state index >= 15 is 0 Å². The highest BCUT2D eigenvalue weighted by molar-refractivity contribution is 7.16. The highest BCUT2D eigenvalue weighted by Gasteiger charge is 2.29. The second kappa shape index (κ2) is 7.19. The Morgan fingerprint density at radius 1 is 1.33 bits per heavy atom. The first-order valence-electron chi connectivity index (χ1n) is 8.56. The maximum absolute atomic E-state index is 13.0. The highest BCUT2D eigenvalue weighted by Crippen LogP contribution is 2.39. The molecule has 2 unspecified atom stereocenters. The van der Waals surface area contributed by atoms with Crippen LogP contribution in [-0.4, -0.2) is 5.91 Å². The molecule has 3 rings (SSSR count). The number of aryl methyl sites for hydroxylation is 1. The predicted molar refractivity (Wildman–Crippen MR) is 98.3 cm³/mol. The van der Waals surface area contributed by atoms with Crippen molar-refractivity contribution in [1.82, 2.24) is 0 Å². The molecule has 1 aromatic heterocycles. The van der Waals surface area contributed by atoms with Gasteiger partial charge in [-0.3, -0.25) is 4.79 Å². The molecule has 3 nitrogen and oxygen atoms in total. The number of fused-ring (bicyclic) bond motifs is 1. The standard InChI is InChI=1S/C20H22N2OS/c1-3-13(2)18(14-8-5-4-6-9-14)19(23)22-20-16(12-21)15-10-7-11-17(15)24-20/h4-6,8-9,13,18H,3,7,10-11H2,1-2H3,(H,22,23). The smallest absolute Gasteiger partial charge is 0.232 e. The van der Waals surface area contributed by atoms with E-state index < -0.39 is 0 Å². The third-order valence-electron chi connectivity index (χ3n) is 4.92. The van der Waals surface area contributed by atoms with E-state index in [0.717, 1.165) is 41.8 Å². The molecule has 0 aliphatic heterocycles. The third-order valence-corrected chi connectivity index (χ3v) is 6.13. The van der Waals surface area contributed by atoms with Crippen molar-refractivity contribution in [1.29, 1.82) is 5.26 Å². The van der Waals surface area contributed by atoms with Crippen molar-refractivity contribution in [3.05, 3.63) is 51.9 Å². The van der Waals surface area contributed by atoms with Crippen LogP contribution in [-0.2, 0) is 17.6 Å². The average Bonchev–Trinajstić information content (AvgIpc) is 3.16. The summed E-state index contributed by atoms with van der Waals surface area (Å²) >= 11 is 1.58. The summed E-state index contributed by atoms with van der Waals surface area (Å²) in [6.45, 7) is 4.21. The Hall–Kier alpha value is -2.12. The van der Waals surface area contributed by atoms with E-state index in [2.05, 4.69) is 25.2 Å². The van der Waals surface area contributed by atoms with E-state index in [1.165, 1.54) is 4.88 Å². The van der Waals surface area contributed by atoms with E-state index in [-0.39, 0.29) is 17.7 Å². The number of amides is 1. The molecular weight excluding hydrogens is 316 g/mol. The molecule has 0 spiro atoms. The van der Waals surface area contributed by atoms with Gasteiger partial charge in [-0.25, -0.2) is 0 Å². The number of nitriles is 1. The minimum Gasteiger partial charge on any atom is -0.316 e. The van der Waals surface area contributed by atoms with Gasteiger partial charge in [-0.2, -0.15) is 5.26 Å². The van der Waals surface area contributed by atoms with Crippen molar-refractivity contribution in [2.45, 2.75) is 45.4 Å². The Balaban J connectivity index is 1.89. The van der Waals surface area contributed by atoms with Gasteiger partial charge in [0.25, 0.3) is 0 Å². The summed E-state index contributed by atoms with van der Waals surface area (Å²) in [7, 11) is 0. The van der Waals surface area contributed by atoms with Crippen LogP contribution in [0.3, 0.4) is 0 Å². The number of carbonyl (C=O) groups is 1. The molecule has 1 amide bonds. The molecule has 1 heterocycles. The first-order valence-corrected chi connectivity index (χ1v) is 9.37. The van der Waals surface area contributed by atoms with Crippen molar-refractivity contribution in [3.63, 3.8) is 0 Å². The molecule has 1 aromatic carbocycles. The summed E-state index contributed by atoms with van der Waals surface area (Å²) in [6, 6.07) is 12.2. The number of carbonyl (C=O) groups excluding carboxylic acids is 1. The van der Waals surface area contributed by atoms with Crippen LogP contribution in [0, 0.1) is 17.2 Å². The molecule has 1 aliphatic rings. The number of nitrogens with one attached hydrogen (secondary N) is 1. The summed E-state index contributed by atoms with van der Waals surface area (Å²) in [6.07, 6.45) is 4.03. The van der Waals surface area contributed by atoms with Gasteiger partial charge in [0.2, 0.25) is 5.91 Å². The van der Waals surface area contributed by atoms with Crippen LogP contribution in [0.4, 0.5) is 5.00 Å². The number of thiophene rings is 1. The third kappa shape index (κ3) is 3.09. The highest BCUT2D eigenvalue weighted by atomic mass is 32.1. The molecule has 2 aromatic rings. The van der Waals surface area contributed by atoms with Gasteiger partial charge in [-0.15, -0.1) is 11.3 Å². The fourth-order valence-electron chi connectivity index (χ4n) is 3.43. The van der Waals surface area contributed by atoms with Gasteiger partial charge in [0.1, 0.15) is 11.1 Å². The van der Waals surface area contributed by atoms with Gasteiger partial charge in [0, 0.05) is 4.88 Å². The lowest BCUT2D eigenvalue weighted by molar-refractivity contribution is -0.118. The second-order valence-electron chi connectivity index (χ2n) is 6.44. The number of benzene rings is 1. The van der Waals surface area contributed by atoms with Gasteiger partial charge in [-0.05, 0) is 36.3 Å². The molecule has 0 fully saturated rings. The fraction of sp³-hybridized carbons (Fsp3) is 0.400. The van der Waals surface area contributed by atoms with E-state index in [1.54, 1.807) is 11.3 Å². The summed E-state index contributed by atoms with van der Waals surface area (Å²) in [4.78, 5) is 14.3. The number of rotatable bonds is 5. The first-order chi connectivity index (χ1) is 11.7. The first kappa shape index (κ1) is 16.7. The van der Waals surface area contributed by atoms with Crippen LogP contribution in [0.1, 0.15) is 54.2 Å². The number of hydrogen-bond acceptors (Lipinski definition) is 3. The molecular formula is C20H22N2OS. The molecule has 0 saturated heterocycles. The zero-order valence-electron chi connectivity index (χ0n) is 14.1. The summed E-state index contributed by atoms with van der Waals surface area (Å²) in [5.74, 6) is 0.0383. The number of nitrogens with zero attached hydrogens (tertiary/aromatic N) is 1. The Labute approximate surface area is 147 Å². The SMILES string of the molecule is CCC(C)C(C(=O)Nc1sc2c(c1C#N)CCC2)c1ccccc1. The monoisotopic (exact) mass is 338 g/mol. The lowest BCUT2D eigenvalue weighted by Gasteiger charge is -2.22. The molecule has 0 saturated carbocycles. The maximum atomic E-state index is 13.0. The maximum Gasteiger partial charge on any atom is 0.232 e. The molecule has 1 aliphatic carbocycles. The van der Waals surface area contributed by atoms with Crippen LogP contribution >= 0.6 is 11.3 Å². The average molecular weight is 338 g/mol. The predicted octanol–water partition coefficient (Wildman–Crippen LogP) is 4.88. The van der Waals surface area contributed by atoms with Crippen molar-refractivity contribution in [3.8, 4) is 6.07 Å². The fourth-order valence-corrected chi connectivity index (χ4v) is 4.68. The summed E-state index contributed by atoms with van der Waals surface area (Å²) in [5.41, 5.74) is 2.86. The number of hydrogen-bond donors (Lipinski definition) is 1. The lowest BCUT2D eigenvalue weighted by Crippen LogP contribution is -2.26. The van der Waals surface area contributed by atoms with Crippen LogP contribution in [0.25, 0.3) is 0 Å². The van der Waals surface area contributed by atoms with Gasteiger partial charge >= 0.3 is 0 Å². The van der Waals surface area contributed by atoms with Crippen LogP contribution in [0.5, 0.6) is 0 Å². The van der Waals surface area contributed by atoms with E-state index in [4.69, 9.17) is 0 Å². The minimum absolute atomic E-state index is 0.00743. The van der Waals surface area contributed by atoms with Gasteiger partial charge in [-0.1, -0.05) is 50.6 Å². The summed E-state index contributed by atoms with van der Waals surface area (Å²) < 4.78 is 0. The molecule has 124 valence electrons. The van der Waals surface area contributed by atoms with Crippen LogP contribution < -0.4 is 5.32 Å². The van der Waals surface area contributed by atoms with Crippen LogP contribution in [0.2, 0.25) is 0 Å². The Bertz CT molecular complexity index is 773. The molecule has 0 radical (unpaired) electrons. The zero-order chi connectivity index (χ0) is 17.1. The minimum atomic E-state index is -0.195. The zero-order valence-corrected chi connectivity index (χ0v) is 15.0. The Morgan fingerprint density at radius 3 is 2.75 bits per heavy atom. The quantitative estimate of drug-likeness (QED) is 0.845. The van der Waals surface area contributed by atoms with E-state index in [0.29, 0.717) is 5.56 Å². The van der Waals surface area contributed by atoms with Gasteiger partial charge in [0.15, 0.2) is 0 Å². The molecule has 4 heteroatoms. The van der Waals surface area contributed by atoms with E-state index in [9.17, 15) is 10.1 Å². The lowest BCUT2D eigenvalue weighted by atomic mass is 9.85. The molecule has 0 bridgehead atoms. The Morgan fingerprint density at radius 2 is 2.08 bits per heavy atom. The molecule has 1 N–H and O–H groups in total. The van der Waals surface area contributed by atoms with E-state index in [1.807, 2.05) is 30.3 Å². The van der Waals surface area contributed by atoms with Crippen molar-refractivity contribution >= 4 is 22.2 Å². The summed E-state index contributed by atoms with van der Waals surface area (Å²) in [5, 5.41) is 13.3. The molecule has 2 atom stereocenters. The largest absolute Gasteiger partial charge is 0.316 e. The van der Waals surface area contributed by atoms with Crippen molar-refractivity contribution in [2.24, 2.45) is 5.92 Å². The topological polar surface area (TPSA) is 52.9 Å². The van der Waals surface area contributed by atoms with Crippen molar-refractivity contribution in [2.75, 3.05) is 5.32 Å². The van der Waals surface area contributed by atoms with Gasteiger partial charge in [0.05, 0.1) is 11.5 Å². The Kier molecular flexibility index (Phi) is 5.01. The molecule has 24 heavy (non-hydrogen) atoms. The normalized spacial score (nSPS) is 15.4. The number of anilines is 1. The van der Waals surface area contributed by atoms with Crippen LogP contribution in [0.15, 0.2) is 30.3 Å². The second-order valence-corrected chi connectivity index (χ2v) is 7.54. The van der Waals surface area contributed by atoms with Gasteiger partial charge < -0.3 is 5.32 Å². The van der Waals surface area contributed by atoms with Crippen molar-refractivity contribution < 1.29 is 4.79 Å².